The molecule has 0 heterocycles. The summed E-state index contributed by atoms with van der Waals surface area (Å²) in [5.41, 5.74) is 12.4. The summed E-state index contributed by atoms with van der Waals surface area (Å²) in [5, 5.41) is 24.6. The molecule has 5 rings (SSSR count). The van der Waals surface area contributed by atoms with Gasteiger partial charge in [-0.1, -0.05) is 103 Å². The Bertz CT molecular complexity index is 1580. The molecule has 5 heteroatoms. The van der Waals surface area contributed by atoms with Gasteiger partial charge in [-0.15, -0.1) is 0 Å². The summed E-state index contributed by atoms with van der Waals surface area (Å²) < 4.78 is 0. The zero-order valence-corrected chi connectivity index (χ0v) is 20.2. The first-order valence-corrected chi connectivity index (χ1v) is 12.2. The zero-order chi connectivity index (χ0) is 25.8. The van der Waals surface area contributed by atoms with Gasteiger partial charge in [-0.2, -0.15) is 0 Å². The number of hydrogen-bond acceptors (Lipinski definition) is 4. The number of hydrogen-bond donors (Lipinski definition) is 4. The van der Waals surface area contributed by atoms with Crippen molar-refractivity contribution in [2.24, 2.45) is 5.73 Å². The van der Waals surface area contributed by atoms with Crippen molar-refractivity contribution in [1.29, 1.82) is 0 Å². The number of aliphatic hydroxyl groups is 1. The molecule has 2 unspecified atom stereocenters. The van der Waals surface area contributed by atoms with Gasteiger partial charge in [-0.25, -0.2) is 5.48 Å². The third kappa shape index (κ3) is 5.15. The Hall–Kier alpha value is -4.29. The molecule has 1 amide bonds. The first-order valence-electron chi connectivity index (χ1n) is 12.2. The molecule has 0 aromatic heterocycles. The van der Waals surface area contributed by atoms with E-state index in [1.54, 1.807) is 29.7 Å². The molecule has 0 spiro atoms. The smallest absolute Gasteiger partial charge is 0.274 e. The highest BCUT2D eigenvalue weighted by Gasteiger charge is 2.20. The first-order chi connectivity index (χ1) is 18.0. The van der Waals surface area contributed by atoms with Crippen molar-refractivity contribution in [3.05, 3.63) is 137 Å². The molecular weight excluding hydrogens is 460 g/mol. The summed E-state index contributed by atoms with van der Waals surface area (Å²) in [6.07, 6.45) is 1.54. The van der Waals surface area contributed by atoms with E-state index in [0.29, 0.717) is 12.0 Å². The number of carbonyl (C=O) groups is 1. The Labute approximate surface area is 215 Å². The second kappa shape index (κ2) is 10.8. The molecule has 0 aliphatic rings. The van der Waals surface area contributed by atoms with E-state index < -0.39 is 18.1 Å². The summed E-state index contributed by atoms with van der Waals surface area (Å²) in [7, 11) is 0. The van der Waals surface area contributed by atoms with Gasteiger partial charge in [0.1, 0.15) is 0 Å². The van der Waals surface area contributed by atoms with Gasteiger partial charge in [-0.3, -0.25) is 10.0 Å². The predicted octanol–water partition coefficient (Wildman–Crippen LogP) is 6.32. The van der Waals surface area contributed by atoms with E-state index in [-0.39, 0.29) is 0 Å². The Morgan fingerprint density at radius 1 is 0.757 bits per heavy atom. The van der Waals surface area contributed by atoms with E-state index in [2.05, 4.69) is 18.2 Å². The lowest BCUT2D eigenvalue weighted by atomic mass is 9.88. The van der Waals surface area contributed by atoms with Crippen LogP contribution in [0.3, 0.4) is 0 Å². The summed E-state index contributed by atoms with van der Waals surface area (Å²) in [6, 6.07) is 34.6. The fourth-order valence-electron chi connectivity index (χ4n) is 4.88. The second-order valence-electron chi connectivity index (χ2n) is 9.12. The molecule has 5 N–H and O–H groups in total. The van der Waals surface area contributed by atoms with Gasteiger partial charge in [0.25, 0.3) is 5.91 Å². The van der Waals surface area contributed by atoms with Gasteiger partial charge >= 0.3 is 0 Å². The number of nitrogens with one attached hydrogen (secondary N) is 1. The second-order valence-corrected chi connectivity index (χ2v) is 9.12. The highest BCUT2D eigenvalue weighted by atomic mass is 16.5. The average molecular weight is 489 g/mol. The maximum absolute atomic E-state index is 11.7. The summed E-state index contributed by atoms with van der Waals surface area (Å²) >= 11 is 0. The van der Waals surface area contributed by atoms with Crippen LogP contribution in [0.1, 0.15) is 45.6 Å². The van der Waals surface area contributed by atoms with E-state index in [0.717, 1.165) is 43.8 Å². The lowest BCUT2D eigenvalue weighted by Gasteiger charge is -2.22. The number of nitrogens with two attached hydrogens (primary N) is 1. The third-order valence-corrected chi connectivity index (χ3v) is 6.80. The normalized spacial score (nSPS) is 13.4. The molecule has 0 aliphatic heterocycles. The number of amides is 1. The molecule has 5 aromatic rings. The molecule has 0 fully saturated rings. The summed E-state index contributed by atoms with van der Waals surface area (Å²) in [6.45, 7) is 0. The van der Waals surface area contributed by atoms with Gasteiger partial charge in [0.05, 0.1) is 12.1 Å². The molecule has 5 aromatic carbocycles. The number of aliphatic hydroxyl groups excluding tert-OH is 1. The van der Waals surface area contributed by atoms with Crippen LogP contribution < -0.4 is 11.2 Å². The quantitative estimate of drug-likeness (QED) is 0.159. The Kier molecular flexibility index (Phi) is 7.10. The molecular formula is C32H28N2O3. The van der Waals surface area contributed by atoms with Crippen LogP contribution in [0.25, 0.3) is 27.6 Å². The number of hydroxylamine groups is 1. The van der Waals surface area contributed by atoms with Crippen molar-refractivity contribution < 1.29 is 15.1 Å². The topological polar surface area (TPSA) is 95.6 Å². The van der Waals surface area contributed by atoms with Crippen molar-refractivity contribution in [2.75, 3.05) is 0 Å². The Balaban J connectivity index is 1.56. The Morgan fingerprint density at radius 3 is 1.92 bits per heavy atom. The third-order valence-electron chi connectivity index (χ3n) is 6.80. The van der Waals surface area contributed by atoms with Crippen LogP contribution in [0.5, 0.6) is 0 Å². The van der Waals surface area contributed by atoms with Crippen LogP contribution in [0, 0.1) is 0 Å². The molecule has 5 nitrogen and oxygen atoms in total. The number of benzene rings is 5. The van der Waals surface area contributed by atoms with E-state index in [9.17, 15) is 9.90 Å². The molecule has 0 radical (unpaired) electrons. The molecule has 0 saturated heterocycles. The van der Waals surface area contributed by atoms with Crippen LogP contribution in [0.4, 0.5) is 0 Å². The molecule has 0 bridgehead atoms. The van der Waals surface area contributed by atoms with Gasteiger partial charge in [0, 0.05) is 12.0 Å². The average Bonchev–Trinajstić information content (AvgIpc) is 2.95. The van der Waals surface area contributed by atoms with Crippen LogP contribution in [-0.2, 0) is 0 Å². The van der Waals surface area contributed by atoms with Crippen LogP contribution >= 0.6 is 0 Å². The standard InChI is InChI=1S/C32H28N2O3/c33-31(29-14-6-10-23-8-2-4-12-27(23)29)25(19-21-15-17-24(18-16-21)32(36)34-37)20-30(35)28-13-5-9-22-7-1-3-11-26(22)28/h1-19,30-31,35,37H,20,33H2,(H,34,36). The molecule has 184 valence electrons. The van der Waals surface area contributed by atoms with E-state index in [1.807, 2.05) is 72.8 Å². The Morgan fingerprint density at radius 2 is 1.30 bits per heavy atom. The number of rotatable bonds is 7. The minimum atomic E-state index is -0.766. The van der Waals surface area contributed by atoms with Gasteiger partial charge < -0.3 is 10.8 Å². The fourth-order valence-corrected chi connectivity index (χ4v) is 4.88. The zero-order valence-electron chi connectivity index (χ0n) is 20.2. The van der Waals surface area contributed by atoms with Crippen molar-refractivity contribution in [2.45, 2.75) is 18.6 Å². The van der Waals surface area contributed by atoms with E-state index >= 15 is 0 Å². The molecule has 2 atom stereocenters. The van der Waals surface area contributed by atoms with Crippen molar-refractivity contribution >= 4 is 33.5 Å². The monoisotopic (exact) mass is 488 g/mol. The molecule has 37 heavy (non-hydrogen) atoms. The van der Waals surface area contributed by atoms with E-state index in [1.165, 1.54) is 0 Å². The number of carbonyl (C=O) groups excluding carboxylic acids is 1. The first kappa shape index (κ1) is 24.4. The highest BCUT2D eigenvalue weighted by Crippen LogP contribution is 2.35. The SMILES string of the molecule is NC(C(=Cc1ccc(C(=O)NO)cc1)CC(O)c1cccc2ccccc12)c1cccc2ccccc12. The largest absolute Gasteiger partial charge is 0.388 e. The summed E-state index contributed by atoms with van der Waals surface area (Å²) in [5.74, 6) is -0.574. The minimum Gasteiger partial charge on any atom is -0.388 e. The number of fused-ring (bicyclic) bond motifs is 2. The van der Waals surface area contributed by atoms with Crippen LogP contribution in [0.2, 0.25) is 0 Å². The van der Waals surface area contributed by atoms with Crippen molar-refractivity contribution in [3.8, 4) is 0 Å². The maximum Gasteiger partial charge on any atom is 0.274 e. The lowest BCUT2D eigenvalue weighted by Crippen LogP contribution is -2.18. The van der Waals surface area contributed by atoms with Crippen molar-refractivity contribution in [3.63, 3.8) is 0 Å². The van der Waals surface area contributed by atoms with Crippen LogP contribution in [0.15, 0.2) is 115 Å². The maximum atomic E-state index is 11.7. The highest BCUT2D eigenvalue weighted by molar-refractivity contribution is 5.93. The van der Waals surface area contributed by atoms with Gasteiger partial charge in [0.15, 0.2) is 0 Å². The minimum absolute atomic E-state index is 0.331. The predicted molar refractivity (Wildman–Crippen MR) is 148 cm³/mol. The van der Waals surface area contributed by atoms with Crippen molar-refractivity contribution in [1.82, 2.24) is 5.48 Å². The fraction of sp³-hybridized carbons (Fsp3) is 0.0938. The molecule has 0 aliphatic carbocycles. The lowest BCUT2D eigenvalue weighted by molar-refractivity contribution is 0.0706. The van der Waals surface area contributed by atoms with Gasteiger partial charge in [-0.05, 0) is 55.9 Å². The van der Waals surface area contributed by atoms with Crippen LogP contribution in [-0.4, -0.2) is 16.2 Å². The molecule has 0 saturated carbocycles. The van der Waals surface area contributed by atoms with Gasteiger partial charge in [0.2, 0.25) is 0 Å². The van der Waals surface area contributed by atoms with E-state index in [4.69, 9.17) is 10.9 Å². The summed E-state index contributed by atoms with van der Waals surface area (Å²) in [4.78, 5) is 11.7.